The van der Waals surface area contributed by atoms with Crippen LogP contribution < -0.4 is 20.3 Å². The minimum atomic E-state index is -0.295. The average molecular weight is 316 g/mol. The third-order valence-corrected chi connectivity index (χ3v) is 4.00. The Labute approximate surface area is 129 Å². The van der Waals surface area contributed by atoms with Gasteiger partial charge in [0.1, 0.15) is 0 Å². The van der Waals surface area contributed by atoms with Gasteiger partial charge in [0.15, 0.2) is 5.13 Å². The van der Waals surface area contributed by atoms with Crippen molar-refractivity contribution in [2.75, 3.05) is 46.4 Å². The van der Waals surface area contributed by atoms with Crippen LogP contribution in [0.3, 0.4) is 0 Å². The molecule has 21 heavy (non-hydrogen) atoms. The standard InChI is InChI=1S/C13H24N4O3S/c1-9(11(18)14-6-7-19-4)15-8-10-12(20-5)16-13(21-10)17(2)3/h9,15H,6-8H2,1-5H3,(H,14,18). The first-order valence-electron chi connectivity index (χ1n) is 6.70. The molecule has 1 aromatic heterocycles. The lowest BCUT2D eigenvalue weighted by Crippen LogP contribution is -2.42. The van der Waals surface area contributed by atoms with Crippen LogP contribution in [0.4, 0.5) is 5.13 Å². The van der Waals surface area contributed by atoms with E-state index in [9.17, 15) is 4.79 Å². The Morgan fingerprint density at radius 1 is 1.43 bits per heavy atom. The minimum Gasteiger partial charge on any atom is -0.480 e. The van der Waals surface area contributed by atoms with Gasteiger partial charge in [-0.3, -0.25) is 4.79 Å². The molecule has 0 bridgehead atoms. The number of hydrogen-bond acceptors (Lipinski definition) is 7. The van der Waals surface area contributed by atoms with Crippen LogP contribution in [0.15, 0.2) is 0 Å². The zero-order valence-electron chi connectivity index (χ0n) is 13.2. The van der Waals surface area contributed by atoms with Crippen molar-refractivity contribution in [3.63, 3.8) is 0 Å². The highest BCUT2D eigenvalue weighted by molar-refractivity contribution is 7.15. The van der Waals surface area contributed by atoms with E-state index < -0.39 is 0 Å². The largest absolute Gasteiger partial charge is 0.480 e. The molecule has 1 amide bonds. The highest BCUT2D eigenvalue weighted by Crippen LogP contribution is 2.30. The van der Waals surface area contributed by atoms with Crippen molar-refractivity contribution in [2.24, 2.45) is 0 Å². The van der Waals surface area contributed by atoms with Crippen LogP contribution in [-0.4, -0.2) is 58.4 Å². The van der Waals surface area contributed by atoms with E-state index in [-0.39, 0.29) is 11.9 Å². The number of ether oxygens (including phenoxy) is 2. The molecule has 0 fully saturated rings. The van der Waals surface area contributed by atoms with E-state index in [1.165, 1.54) is 0 Å². The van der Waals surface area contributed by atoms with Crippen LogP contribution in [0.25, 0.3) is 0 Å². The zero-order chi connectivity index (χ0) is 15.8. The summed E-state index contributed by atoms with van der Waals surface area (Å²) in [6.07, 6.45) is 0. The summed E-state index contributed by atoms with van der Waals surface area (Å²) < 4.78 is 10.2. The first-order chi connectivity index (χ1) is 9.99. The van der Waals surface area contributed by atoms with Crippen LogP contribution in [-0.2, 0) is 16.1 Å². The number of nitrogens with one attached hydrogen (secondary N) is 2. The van der Waals surface area contributed by atoms with E-state index in [1.54, 1.807) is 25.6 Å². The van der Waals surface area contributed by atoms with E-state index >= 15 is 0 Å². The predicted octanol–water partition coefficient (Wildman–Crippen LogP) is 0.458. The molecule has 0 aromatic carbocycles. The molecule has 1 unspecified atom stereocenters. The van der Waals surface area contributed by atoms with Crippen LogP contribution in [0.2, 0.25) is 0 Å². The molecule has 7 nitrogen and oxygen atoms in total. The van der Waals surface area contributed by atoms with Gasteiger partial charge < -0.3 is 25.0 Å². The summed E-state index contributed by atoms with van der Waals surface area (Å²) in [7, 11) is 7.06. The molecule has 1 aromatic rings. The number of hydrogen-bond donors (Lipinski definition) is 2. The maximum Gasteiger partial charge on any atom is 0.236 e. The topological polar surface area (TPSA) is 75.7 Å². The van der Waals surface area contributed by atoms with E-state index in [4.69, 9.17) is 9.47 Å². The van der Waals surface area contributed by atoms with Gasteiger partial charge in [-0.05, 0) is 6.92 Å². The lowest BCUT2D eigenvalue weighted by atomic mass is 10.3. The average Bonchev–Trinajstić information content (AvgIpc) is 2.88. The SMILES string of the molecule is COCCNC(=O)C(C)NCc1sc(N(C)C)nc1OC. The number of rotatable bonds is 9. The van der Waals surface area contributed by atoms with E-state index in [0.29, 0.717) is 25.6 Å². The third kappa shape index (κ3) is 5.49. The Morgan fingerprint density at radius 2 is 2.14 bits per heavy atom. The van der Waals surface area contributed by atoms with Gasteiger partial charge in [0.05, 0.1) is 24.6 Å². The number of nitrogens with zero attached hydrogens (tertiary/aromatic N) is 2. The van der Waals surface area contributed by atoms with Crippen molar-refractivity contribution in [3.8, 4) is 5.88 Å². The number of carbonyl (C=O) groups excluding carboxylic acids is 1. The van der Waals surface area contributed by atoms with Crippen LogP contribution in [0.5, 0.6) is 5.88 Å². The van der Waals surface area contributed by atoms with E-state index in [1.807, 2.05) is 25.9 Å². The molecule has 0 saturated carbocycles. The van der Waals surface area contributed by atoms with Gasteiger partial charge in [0.2, 0.25) is 11.8 Å². The molecule has 1 heterocycles. The molecule has 1 rings (SSSR count). The first-order valence-corrected chi connectivity index (χ1v) is 7.52. The summed E-state index contributed by atoms with van der Waals surface area (Å²) in [6.45, 7) is 3.37. The lowest BCUT2D eigenvalue weighted by molar-refractivity contribution is -0.122. The predicted molar refractivity (Wildman–Crippen MR) is 84.2 cm³/mol. The van der Waals surface area contributed by atoms with Gasteiger partial charge in [0.25, 0.3) is 0 Å². The van der Waals surface area contributed by atoms with Crippen LogP contribution >= 0.6 is 11.3 Å². The van der Waals surface area contributed by atoms with Crippen molar-refractivity contribution in [3.05, 3.63) is 4.88 Å². The molecule has 0 aliphatic heterocycles. The minimum absolute atomic E-state index is 0.0524. The lowest BCUT2D eigenvalue weighted by Gasteiger charge is -2.13. The van der Waals surface area contributed by atoms with Crippen molar-refractivity contribution < 1.29 is 14.3 Å². The number of anilines is 1. The van der Waals surface area contributed by atoms with Crippen molar-refractivity contribution in [2.45, 2.75) is 19.5 Å². The fourth-order valence-electron chi connectivity index (χ4n) is 1.56. The summed E-state index contributed by atoms with van der Waals surface area (Å²) >= 11 is 1.54. The summed E-state index contributed by atoms with van der Waals surface area (Å²) in [4.78, 5) is 19.1. The Kier molecular flexibility index (Phi) is 7.41. The second-order valence-corrected chi connectivity index (χ2v) is 5.77. The third-order valence-electron chi connectivity index (χ3n) is 2.79. The Bertz CT molecular complexity index is 451. The molecule has 120 valence electrons. The summed E-state index contributed by atoms with van der Waals surface area (Å²) in [6, 6.07) is -0.295. The molecule has 8 heteroatoms. The first kappa shape index (κ1) is 17.7. The van der Waals surface area contributed by atoms with Gasteiger partial charge in [-0.25, -0.2) is 0 Å². The number of carbonyl (C=O) groups is 1. The monoisotopic (exact) mass is 316 g/mol. The molecule has 0 aliphatic carbocycles. The molecule has 0 aliphatic rings. The number of thiazole rings is 1. The summed E-state index contributed by atoms with van der Waals surface area (Å²) in [5, 5.41) is 6.84. The second-order valence-electron chi connectivity index (χ2n) is 4.71. The Balaban J connectivity index is 2.52. The Morgan fingerprint density at radius 3 is 2.71 bits per heavy atom. The fourth-order valence-corrected chi connectivity index (χ4v) is 2.46. The molecule has 0 saturated heterocycles. The smallest absolute Gasteiger partial charge is 0.236 e. The molecular formula is C13H24N4O3S. The second kappa shape index (κ2) is 8.81. The highest BCUT2D eigenvalue weighted by Gasteiger charge is 2.16. The molecule has 2 N–H and O–H groups in total. The Hall–Kier alpha value is -1.38. The fraction of sp³-hybridized carbons (Fsp3) is 0.692. The van der Waals surface area contributed by atoms with Gasteiger partial charge in [-0.1, -0.05) is 11.3 Å². The van der Waals surface area contributed by atoms with Crippen LogP contribution in [0, 0.1) is 0 Å². The number of aromatic nitrogens is 1. The zero-order valence-corrected chi connectivity index (χ0v) is 14.0. The molecule has 0 spiro atoms. The highest BCUT2D eigenvalue weighted by atomic mass is 32.1. The molecule has 1 atom stereocenters. The maximum absolute atomic E-state index is 11.8. The van der Waals surface area contributed by atoms with Gasteiger partial charge in [-0.2, -0.15) is 4.98 Å². The summed E-state index contributed by atoms with van der Waals surface area (Å²) in [5.41, 5.74) is 0. The number of amides is 1. The molecule has 0 radical (unpaired) electrons. The van der Waals surface area contributed by atoms with Gasteiger partial charge in [0, 0.05) is 34.3 Å². The van der Waals surface area contributed by atoms with Gasteiger partial charge >= 0.3 is 0 Å². The number of methoxy groups -OCH3 is 2. The maximum atomic E-state index is 11.8. The molecular weight excluding hydrogens is 292 g/mol. The normalized spacial score (nSPS) is 12.0. The van der Waals surface area contributed by atoms with Crippen molar-refractivity contribution >= 4 is 22.4 Å². The van der Waals surface area contributed by atoms with Crippen LogP contribution in [0.1, 0.15) is 11.8 Å². The van der Waals surface area contributed by atoms with E-state index in [2.05, 4.69) is 15.6 Å². The van der Waals surface area contributed by atoms with Crippen molar-refractivity contribution in [1.82, 2.24) is 15.6 Å². The quantitative estimate of drug-likeness (QED) is 0.645. The van der Waals surface area contributed by atoms with Crippen molar-refractivity contribution in [1.29, 1.82) is 0 Å². The van der Waals surface area contributed by atoms with Gasteiger partial charge in [-0.15, -0.1) is 0 Å². The summed E-state index contributed by atoms with van der Waals surface area (Å²) in [5.74, 6) is 0.548. The van der Waals surface area contributed by atoms with E-state index in [0.717, 1.165) is 10.0 Å².